The molecule has 0 saturated heterocycles. The lowest BCUT2D eigenvalue weighted by Gasteiger charge is -2.17. The lowest BCUT2D eigenvalue weighted by molar-refractivity contribution is 0.319. The van der Waals surface area contributed by atoms with E-state index < -0.39 is 0 Å². The van der Waals surface area contributed by atoms with E-state index in [0.29, 0.717) is 6.54 Å². The van der Waals surface area contributed by atoms with Crippen LogP contribution < -0.4 is 5.73 Å². The second kappa shape index (κ2) is 5.18. The maximum Gasteiger partial charge on any atom is 0.146 e. The van der Waals surface area contributed by atoms with Gasteiger partial charge in [-0.3, -0.25) is 9.58 Å². The number of benzene rings is 1. The van der Waals surface area contributed by atoms with Crippen molar-refractivity contribution in [3.05, 3.63) is 47.5 Å². The number of aryl methyl sites for hydroxylation is 1. The minimum atomic E-state index is -0.359. The largest absolute Gasteiger partial charge is 0.396 e. The highest BCUT2D eigenvalue weighted by molar-refractivity contribution is 5.47. The van der Waals surface area contributed by atoms with Crippen LogP contribution in [0.3, 0.4) is 0 Å². The Balaban J connectivity index is 2.03. The molecule has 4 nitrogen and oxygen atoms in total. The summed E-state index contributed by atoms with van der Waals surface area (Å²) in [5, 5.41) is 4.11. The molecule has 0 amide bonds. The van der Waals surface area contributed by atoms with Gasteiger partial charge in [0.25, 0.3) is 0 Å². The van der Waals surface area contributed by atoms with Gasteiger partial charge in [-0.05, 0) is 18.7 Å². The number of rotatable bonds is 4. The van der Waals surface area contributed by atoms with Crippen molar-refractivity contribution in [1.29, 1.82) is 0 Å². The Hall–Kier alpha value is -1.88. The molecule has 0 saturated carbocycles. The van der Waals surface area contributed by atoms with Crippen LogP contribution in [-0.4, -0.2) is 21.7 Å². The van der Waals surface area contributed by atoms with Crippen molar-refractivity contribution in [2.24, 2.45) is 7.05 Å². The average molecular weight is 248 g/mol. The molecule has 2 rings (SSSR count). The van der Waals surface area contributed by atoms with E-state index in [9.17, 15) is 4.39 Å². The number of hydrogen-bond acceptors (Lipinski definition) is 3. The Labute approximate surface area is 106 Å². The van der Waals surface area contributed by atoms with Gasteiger partial charge in [-0.1, -0.05) is 12.1 Å². The molecule has 0 aliphatic carbocycles. The van der Waals surface area contributed by atoms with Gasteiger partial charge in [0.05, 0.1) is 11.9 Å². The van der Waals surface area contributed by atoms with E-state index in [0.717, 1.165) is 17.7 Å². The molecule has 2 N–H and O–H groups in total. The number of anilines is 1. The average Bonchev–Trinajstić information content (AvgIpc) is 2.70. The highest BCUT2D eigenvalue weighted by atomic mass is 19.1. The number of para-hydroxylation sites is 1. The summed E-state index contributed by atoms with van der Waals surface area (Å²) in [6.45, 7) is 1.36. The normalized spacial score (nSPS) is 11.1. The van der Waals surface area contributed by atoms with Gasteiger partial charge in [0.1, 0.15) is 5.82 Å². The first-order chi connectivity index (χ1) is 8.56. The number of aromatic nitrogens is 2. The number of hydrogen-bond donors (Lipinski definition) is 1. The highest BCUT2D eigenvalue weighted by Crippen LogP contribution is 2.17. The quantitative estimate of drug-likeness (QED) is 0.839. The maximum absolute atomic E-state index is 13.3. The van der Waals surface area contributed by atoms with Crippen molar-refractivity contribution in [3.8, 4) is 0 Å². The molecular formula is C13H17FN4. The summed E-state index contributed by atoms with van der Waals surface area (Å²) in [6, 6.07) is 4.90. The zero-order valence-electron chi connectivity index (χ0n) is 10.6. The number of nitrogens with two attached hydrogens (primary N) is 1. The van der Waals surface area contributed by atoms with Crippen LogP contribution in [0.25, 0.3) is 0 Å². The summed E-state index contributed by atoms with van der Waals surface area (Å²) >= 11 is 0. The number of nitrogens with zero attached hydrogens (tertiary/aromatic N) is 3. The van der Waals surface area contributed by atoms with E-state index in [4.69, 9.17) is 5.73 Å². The molecule has 1 aromatic carbocycles. The summed E-state index contributed by atoms with van der Waals surface area (Å²) in [5.41, 5.74) is 7.87. The van der Waals surface area contributed by atoms with Crippen LogP contribution in [0.15, 0.2) is 30.6 Å². The lowest BCUT2D eigenvalue weighted by Crippen LogP contribution is -2.18. The molecule has 0 spiro atoms. The molecule has 2 aromatic rings. The van der Waals surface area contributed by atoms with Gasteiger partial charge in [-0.15, -0.1) is 0 Å². The summed E-state index contributed by atoms with van der Waals surface area (Å²) in [6.07, 6.45) is 3.79. The summed E-state index contributed by atoms with van der Waals surface area (Å²) in [5.74, 6) is -0.359. The van der Waals surface area contributed by atoms with Crippen LogP contribution in [0.2, 0.25) is 0 Å². The first-order valence-corrected chi connectivity index (χ1v) is 5.75. The first kappa shape index (κ1) is 12.6. The molecule has 0 aliphatic heterocycles. The molecule has 5 heteroatoms. The van der Waals surface area contributed by atoms with E-state index in [1.807, 2.05) is 32.6 Å². The van der Waals surface area contributed by atoms with E-state index >= 15 is 0 Å². The van der Waals surface area contributed by atoms with Crippen molar-refractivity contribution in [3.63, 3.8) is 0 Å². The molecule has 0 atom stereocenters. The van der Waals surface area contributed by atoms with Crippen LogP contribution >= 0.6 is 0 Å². The van der Waals surface area contributed by atoms with E-state index in [2.05, 4.69) is 10.00 Å². The van der Waals surface area contributed by atoms with Gasteiger partial charge in [-0.2, -0.15) is 5.10 Å². The predicted molar refractivity (Wildman–Crippen MR) is 69.2 cm³/mol. The molecule has 0 fully saturated rings. The van der Waals surface area contributed by atoms with Crippen LogP contribution in [0.1, 0.15) is 11.1 Å². The second-order valence-electron chi connectivity index (χ2n) is 4.51. The Morgan fingerprint density at radius 3 is 2.83 bits per heavy atom. The number of halogens is 1. The standard InChI is InChI=1S/C13H17FN4/c1-17(7-10-6-16-18(2)8-10)9-11-4-3-5-12(14)13(11)15/h3-6,8H,7,9,15H2,1-2H3. The van der Waals surface area contributed by atoms with Gasteiger partial charge < -0.3 is 5.73 Å². The van der Waals surface area contributed by atoms with Crippen molar-refractivity contribution < 1.29 is 4.39 Å². The van der Waals surface area contributed by atoms with Gasteiger partial charge in [-0.25, -0.2) is 4.39 Å². The van der Waals surface area contributed by atoms with Crippen LogP contribution in [0.5, 0.6) is 0 Å². The van der Waals surface area contributed by atoms with Crippen LogP contribution in [-0.2, 0) is 20.1 Å². The van der Waals surface area contributed by atoms with Crippen molar-refractivity contribution in [1.82, 2.24) is 14.7 Å². The molecule has 0 unspecified atom stereocenters. The third-order valence-electron chi connectivity index (χ3n) is 2.79. The Morgan fingerprint density at radius 2 is 2.17 bits per heavy atom. The van der Waals surface area contributed by atoms with Gasteiger partial charge in [0.15, 0.2) is 0 Å². The molecule has 0 bridgehead atoms. The van der Waals surface area contributed by atoms with E-state index in [1.165, 1.54) is 6.07 Å². The lowest BCUT2D eigenvalue weighted by atomic mass is 10.1. The van der Waals surface area contributed by atoms with E-state index in [-0.39, 0.29) is 11.5 Å². The topological polar surface area (TPSA) is 47.1 Å². The summed E-state index contributed by atoms with van der Waals surface area (Å²) in [4.78, 5) is 2.07. The Kier molecular flexibility index (Phi) is 3.62. The zero-order chi connectivity index (χ0) is 13.1. The van der Waals surface area contributed by atoms with E-state index in [1.54, 1.807) is 10.7 Å². The van der Waals surface area contributed by atoms with Crippen LogP contribution in [0.4, 0.5) is 10.1 Å². The third kappa shape index (κ3) is 2.87. The van der Waals surface area contributed by atoms with Gasteiger partial charge in [0.2, 0.25) is 0 Å². The Bertz CT molecular complexity index is 536. The van der Waals surface area contributed by atoms with Crippen molar-refractivity contribution in [2.75, 3.05) is 12.8 Å². The monoisotopic (exact) mass is 248 g/mol. The smallest absolute Gasteiger partial charge is 0.146 e. The zero-order valence-corrected chi connectivity index (χ0v) is 10.6. The molecule has 0 radical (unpaired) electrons. The predicted octanol–water partition coefficient (Wildman–Crippen LogP) is 1.77. The van der Waals surface area contributed by atoms with Crippen molar-refractivity contribution in [2.45, 2.75) is 13.1 Å². The fourth-order valence-corrected chi connectivity index (χ4v) is 1.93. The molecule has 1 heterocycles. The SMILES string of the molecule is CN(Cc1cnn(C)c1)Cc1cccc(F)c1N. The summed E-state index contributed by atoms with van der Waals surface area (Å²) < 4.78 is 15.1. The third-order valence-corrected chi connectivity index (χ3v) is 2.79. The first-order valence-electron chi connectivity index (χ1n) is 5.75. The highest BCUT2D eigenvalue weighted by Gasteiger charge is 2.08. The Morgan fingerprint density at radius 1 is 1.39 bits per heavy atom. The van der Waals surface area contributed by atoms with Gasteiger partial charge >= 0.3 is 0 Å². The maximum atomic E-state index is 13.3. The molecule has 1 aromatic heterocycles. The second-order valence-corrected chi connectivity index (χ2v) is 4.51. The summed E-state index contributed by atoms with van der Waals surface area (Å²) in [7, 11) is 3.85. The molecule has 0 aliphatic rings. The molecule has 18 heavy (non-hydrogen) atoms. The molecular weight excluding hydrogens is 231 g/mol. The fourth-order valence-electron chi connectivity index (χ4n) is 1.93. The number of nitrogen functional groups attached to an aromatic ring is 1. The van der Waals surface area contributed by atoms with Gasteiger partial charge in [0, 0.05) is 31.9 Å². The van der Waals surface area contributed by atoms with Crippen molar-refractivity contribution >= 4 is 5.69 Å². The molecule has 96 valence electrons. The minimum absolute atomic E-state index is 0.232. The minimum Gasteiger partial charge on any atom is -0.396 e. The fraction of sp³-hybridized carbons (Fsp3) is 0.308. The van der Waals surface area contributed by atoms with Crippen LogP contribution in [0, 0.1) is 5.82 Å².